The van der Waals surface area contributed by atoms with E-state index in [1.165, 1.54) is 6.42 Å². The van der Waals surface area contributed by atoms with Gasteiger partial charge in [0.1, 0.15) is 4.34 Å². The highest BCUT2D eigenvalue weighted by Gasteiger charge is 2.14. The molecule has 0 saturated carbocycles. The van der Waals surface area contributed by atoms with Crippen molar-refractivity contribution in [3.8, 4) is 0 Å². The van der Waals surface area contributed by atoms with Gasteiger partial charge in [-0.3, -0.25) is 0 Å². The van der Waals surface area contributed by atoms with Crippen LogP contribution in [0.1, 0.15) is 25.7 Å². The number of thiazole rings is 1. The molecule has 7 heteroatoms. The Morgan fingerprint density at radius 2 is 2.16 bits per heavy atom. The van der Waals surface area contributed by atoms with E-state index < -0.39 is 5.26 Å². The van der Waals surface area contributed by atoms with Gasteiger partial charge < -0.3 is 16.0 Å². The molecule has 1 aromatic rings. The van der Waals surface area contributed by atoms with Crippen molar-refractivity contribution >= 4 is 28.8 Å². The highest BCUT2D eigenvalue weighted by molar-refractivity contribution is 7.15. The summed E-state index contributed by atoms with van der Waals surface area (Å²) < 4.78 is 13.2. The number of aromatic nitrogens is 1. The molecule has 0 amide bonds. The molecule has 3 N–H and O–H groups in total. The lowest BCUT2D eigenvalue weighted by Gasteiger charge is -2.27. The third kappa shape index (κ3) is 5.22. The molecule has 0 spiro atoms. The molecule has 19 heavy (non-hydrogen) atoms. The van der Waals surface area contributed by atoms with Crippen LogP contribution < -0.4 is 16.0 Å². The van der Waals surface area contributed by atoms with Gasteiger partial charge in [0, 0.05) is 19.1 Å². The third-order valence-electron chi connectivity index (χ3n) is 3.20. The molecule has 2 heterocycles. The first-order chi connectivity index (χ1) is 9.25. The van der Waals surface area contributed by atoms with E-state index in [1.807, 2.05) is 0 Å². The lowest BCUT2D eigenvalue weighted by atomic mass is 10.1. The summed E-state index contributed by atoms with van der Waals surface area (Å²) in [5, 5.41) is 9.38. The monoisotopic (exact) mass is 306 g/mol. The van der Waals surface area contributed by atoms with Crippen molar-refractivity contribution in [2.75, 3.05) is 31.5 Å². The smallest absolute Gasteiger partial charge is 0.272 e. The van der Waals surface area contributed by atoms with Gasteiger partial charge in [0.25, 0.3) is 5.26 Å². The fourth-order valence-corrected chi connectivity index (χ4v) is 2.74. The lowest BCUT2D eigenvalue weighted by molar-refractivity contribution is 0.353. The molecule has 4 nitrogen and oxygen atoms in total. The van der Waals surface area contributed by atoms with E-state index in [1.54, 1.807) is 0 Å². The Morgan fingerprint density at radius 3 is 2.79 bits per heavy atom. The summed E-state index contributed by atoms with van der Waals surface area (Å²) in [5.41, 5.74) is 0. The minimum Gasteiger partial charge on any atom is -0.368 e. The van der Waals surface area contributed by atoms with E-state index >= 15 is 0 Å². The van der Waals surface area contributed by atoms with Crippen LogP contribution in [0.4, 0.5) is 10.2 Å². The van der Waals surface area contributed by atoms with Crippen LogP contribution in [0.15, 0.2) is 0 Å². The number of nitrogens with one attached hydrogen (secondary N) is 3. The van der Waals surface area contributed by atoms with E-state index in [9.17, 15) is 4.39 Å². The number of hydrogen-bond acceptors (Lipinski definition) is 5. The number of halogens is 2. The van der Waals surface area contributed by atoms with Gasteiger partial charge in [-0.1, -0.05) is 29.4 Å². The number of rotatable bonds is 9. The minimum atomic E-state index is -0.485. The second kappa shape index (κ2) is 7.99. The lowest BCUT2D eigenvalue weighted by Crippen LogP contribution is -2.49. The molecule has 0 aromatic carbocycles. The average Bonchev–Trinajstić information content (AvgIpc) is 2.63. The average molecular weight is 307 g/mol. The summed E-state index contributed by atoms with van der Waals surface area (Å²) in [4.78, 5) is 3.68. The van der Waals surface area contributed by atoms with Crippen LogP contribution in [0.25, 0.3) is 0 Å². The number of nitrogens with zero attached hydrogens (tertiary/aromatic N) is 1. The van der Waals surface area contributed by atoms with E-state index in [0.717, 1.165) is 56.8 Å². The van der Waals surface area contributed by atoms with Gasteiger partial charge in [-0.15, -0.1) is 0 Å². The van der Waals surface area contributed by atoms with Crippen LogP contribution in [0.5, 0.6) is 0 Å². The van der Waals surface area contributed by atoms with Crippen LogP contribution in [0.2, 0.25) is 4.34 Å². The Morgan fingerprint density at radius 1 is 1.37 bits per heavy atom. The topological polar surface area (TPSA) is 49.0 Å². The van der Waals surface area contributed by atoms with Gasteiger partial charge in [-0.25, -0.2) is 0 Å². The van der Waals surface area contributed by atoms with E-state index in [2.05, 4.69) is 20.9 Å². The number of anilines is 1. The maximum atomic E-state index is 12.8. The van der Waals surface area contributed by atoms with Crippen LogP contribution in [-0.4, -0.2) is 37.2 Å². The van der Waals surface area contributed by atoms with Crippen LogP contribution >= 0.6 is 22.9 Å². The normalized spacial score (nSPS) is 18.3. The Kier molecular flexibility index (Phi) is 6.30. The maximum Gasteiger partial charge on any atom is 0.272 e. The summed E-state index contributed by atoms with van der Waals surface area (Å²) in [7, 11) is 0. The fourth-order valence-electron chi connectivity index (χ4n) is 1.94. The van der Waals surface area contributed by atoms with Gasteiger partial charge in [-0.2, -0.15) is 9.37 Å². The first-order valence-electron chi connectivity index (χ1n) is 6.75. The molecule has 0 bridgehead atoms. The zero-order valence-corrected chi connectivity index (χ0v) is 12.4. The van der Waals surface area contributed by atoms with Gasteiger partial charge >= 0.3 is 0 Å². The van der Waals surface area contributed by atoms with Crippen molar-refractivity contribution in [2.24, 2.45) is 0 Å². The zero-order valence-electron chi connectivity index (χ0n) is 10.8. The molecule has 1 aliphatic rings. The van der Waals surface area contributed by atoms with Crippen LogP contribution in [-0.2, 0) is 0 Å². The quantitative estimate of drug-likeness (QED) is 0.614. The van der Waals surface area contributed by atoms with Gasteiger partial charge in [0.05, 0.1) is 0 Å². The molecular formula is C12H20ClFN4S. The van der Waals surface area contributed by atoms with Gasteiger partial charge in [0.2, 0.25) is 0 Å². The van der Waals surface area contributed by atoms with Crippen molar-refractivity contribution in [3.05, 3.63) is 9.60 Å². The molecule has 1 aromatic heterocycles. The summed E-state index contributed by atoms with van der Waals surface area (Å²) in [5.74, 6) is 0.471. The zero-order chi connectivity index (χ0) is 13.5. The van der Waals surface area contributed by atoms with Crippen molar-refractivity contribution in [1.82, 2.24) is 15.6 Å². The van der Waals surface area contributed by atoms with E-state index in [-0.39, 0.29) is 0 Å². The first-order valence-corrected chi connectivity index (χ1v) is 7.95. The summed E-state index contributed by atoms with van der Waals surface area (Å²) in [6.45, 7) is 4.08. The SMILES string of the molecule is Fc1nc(NCCCCCNCC2CCN2)c(Cl)s1. The number of unbranched alkanes of at least 4 members (excludes halogenated alkanes) is 2. The molecule has 1 aliphatic heterocycles. The van der Waals surface area contributed by atoms with Crippen molar-refractivity contribution in [1.29, 1.82) is 0 Å². The van der Waals surface area contributed by atoms with Crippen molar-refractivity contribution in [3.63, 3.8) is 0 Å². The Hall–Kier alpha value is -0.430. The highest BCUT2D eigenvalue weighted by atomic mass is 35.5. The summed E-state index contributed by atoms with van der Waals surface area (Å²) in [6, 6.07) is 0.684. The predicted molar refractivity (Wildman–Crippen MR) is 78.7 cm³/mol. The van der Waals surface area contributed by atoms with Gasteiger partial charge in [-0.05, 0) is 32.4 Å². The second-order valence-electron chi connectivity index (χ2n) is 4.72. The molecule has 1 saturated heterocycles. The Balaban J connectivity index is 1.42. The third-order valence-corrected chi connectivity index (χ3v) is 4.24. The largest absolute Gasteiger partial charge is 0.368 e. The van der Waals surface area contributed by atoms with E-state index in [0.29, 0.717) is 16.2 Å². The minimum absolute atomic E-state index is 0.396. The fraction of sp³-hybridized carbons (Fsp3) is 0.750. The molecule has 0 radical (unpaired) electrons. The van der Waals surface area contributed by atoms with Gasteiger partial charge in [0.15, 0.2) is 5.82 Å². The Labute approximate surface area is 122 Å². The molecule has 1 fully saturated rings. The molecule has 1 atom stereocenters. The highest BCUT2D eigenvalue weighted by Crippen LogP contribution is 2.27. The van der Waals surface area contributed by atoms with Crippen LogP contribution in [0, 0.1) is 5.26 Å². The summed E-state index contributed by atoms with van der Waals surface area (Å²) >= 11 is 6.68. The predicted octanol–water partition coefficient (Wildman–Crippen LogP) is 2.47. The van der Waals surface area contributed by atoms with E-state index in [4.69, 9.17) is 11.6 Å². The Bertz CT molecular complexity index is 384. The van der Waals surface area contributed by atoms with Crippen molar-refractivity contribution < 1.29 is 4.39 Å². The van der Waals surface area contributed by atoms with Crippen molar-refractivity contribution in [2.45, 2.75) is 31.7 Å². The van der Waals surface area contributed by atoms with Crippen LogP contribution in [0.3, 0.4) is 0 Å². The summed E-state index contributed by atoms with van der Waals surface area (Å²) in [6.07, 6.45) is 4.64. The first kappa shape index (κ1) is 15.0. The maximum absolute atomic E-state index is 12.8. The molecule has 0 aliphatic carbocycles. The standard InChI is InChI=1S/C12H20ClFN4S/c13-10-11(18-12(14)19-10)17-6-3-1-2-5-15-8-9-4-7-16-9/h9,15-17H,1-8H2. The molecule has 1 unspecified atom stereocenters. The molecular weight excluding hydrogens is 287 g/mol. The molecule has 2 rings (SSSR count). The molecule has 108 valence electrons. The second-order valence-corrected chi connectivity index (χ2v) is 6.27. The number of hydrogen-bond donors (Lipinski definition) is 3.